The van der Waals surface area contributed by atoms with Crippen molar-refractivity contribution < 1.29 is 4.79 Å². The van der Waals surface area contributed by atoms with Crippen molar-refractivity contribution >= 4 is 35.1 Å². The Morgan fingerprint density at radius 3 is 3.00 bits per heavy atom. The second-order valence-electron chi connectivity index (χ2n) is 5.06. The Hall–Kier alpha value is -1.98. The number of nitriles is 1. The van der Waals surface area contributed by atoms with Gasteiger partial charge in [-0.25, -0.2) is 4.98 Å². The summed E-state index contributed by atoms with van der Waals surface area (Å²) in [5, 5.41) is 19.2. The van der Waals surface area contributed by atoms with Crippen LogP contribution in [0.2, 0.25) is 0 Å². The highest BCUT2D eigenvalue weighted by Crippen LogP contribution is 2.38. The number of nitrogens with one attached hydrogen (secondary N) is 2. The van der Waals surface area contributed by atoms with E-state index in [4.69, 9.17) is 5.26 Å². The van der Waals surface area contributed by atoms with Gasteiger partial charge < -0.3 is 5.32 Å². The van der Waals surface area contributed by atoms with Gasteiger partial charge in [-0.2, -0.15) is 5.26 Å². The van der Waals surface area contributed by atoms with E-state index in [2.05, 4.69) is 26.6 Å². The molecule has 3 rings (SSSR count). The number of anilines is 1. The Kier molecular flexibility index (Phi) is 5.20. The third-order valence-electron chi connectivity index (χ3n) is 3.23. The van der Waals surface area contributed by atoms with Gasteiger partial charge in [0.05, 0.1) is 23.3 Å². The van der Waals surface area contributed by atoms with Crippen LogP contribution in [0.15, 0.2) is 34.3 Å². The molecule has 1 heterocycles. The Balaban J connectivity index is 1.53. The SMILES string of the molecule is N#CCSc1ccccc1NC(=O)CSc1n[nH]c(C2CC2)n1. The van der Waals surface area contributed by atoms with Gasteiger partial charge in [0, 0.05) is 10.8 Å². The number of benzene rings is 1. The van der Waals surface area contributed by atoms with E-state index in [1.165, 1.54) is 23.5 Å². The Morgan fingerprint density at radius 1 is 1.39 bits per heavy atom. The van der Waals surface area contributed by atoms with Gasteiger partial charge in [0.15, 0.2) is 0 Å². The topological polar surface area (TPSA) is 94.5 Å². The van der Waals surface area contributed by atoms with Gasteiger partial charge in [0.25, 0.3) is 0 Å². The maximum Gasteiger partial charge on any atom is 0.234 e. The van der Waals surface area contributed by atoms with E-state index in [-0.39, 0.29) is 11.7 Å². The first-order valence-electron chi connectivity index (χ1n) is 7.20. The molecule has 23 heavy (non-hydrogen) atoms. The summed E-state index contributed by atoms with van der Waals surface area (Å²) in [5.74, 6) is 1.93. The monoisotopic (exact) mass is 345 g/mol. The Morgan fingerprint density at radius 2 is 2.22 bits per heavy atom. The van der Waals surface area contributed by atoms with Crippen molar-refractivity contribution in [3.63, 3.8) is 0 Å². The van der Waals surface area contributed by atoms with Gasteiger partial charge in [-0.05, 0) is 25.0 Å². The molecule has 1 aliphatic rings. The van der Waals surface area contributed by atoms with E-state index in [0.717, 1.165) is 29.2 Å². The highest BCUT2D eigenvalue weighted by molar-refractivity contribution is 8.00. The number of amides is 1. The fourth-order valence-corrected chi connectivity index (χ4v) is 3.26. The predicted octanol–water partition coefficient (Wildman–Crippen LogP) is 3.03. The number of hydrogen-bond acceptors (Lipinski definition) is 6. The molecule has 0 spiro atoms. The van der Waals surface area contributed by atoms with Crippen molar-refractivity contribution in [2.75, 3.05) is 16.8 Å². The number of nitrogens with zero attached hydrogens (tertiary/aromatic N) is 3. The maximum atomic E-state index is 12.1. The van der Waals surface area contributed by atoms with Crippen LogP contribution in [0.5, 0.6) is 0 Å². The fourth-order valence-electron chi connectivity index (χ4n) is 1.98. The van der Waals surface area contributed by atoms with Crippen LogP contribution in [0.1, 0.15) is 24.6 Å². The number of rotatable bonds is 7. The molecule has 0 bridgehead atoms. The zero-order valence-corrected chi connectivity index (χ0v) is 13.9. The summed E-state index contributed by atoms with van der Waals surface area (Å²) in [6, 6.07) is 9.55. The Bertz CT molecular complexity index is 735. The zero-order valence-electron chi connectivity index (χ0n) is 12.3. The first-order valence-corrected chi connectivity index (χ1v) is 9.17. The van der Waals surface area contributed by atoms with E-state index in [1.54, 1.807) is 0 Å². The summed E-state index contributed by atoms with van der Waals surface area (Å²) in [5.41, 5.74) is 0.729. The molecule has 0 saturated heterocycles. The first-order chi connectivity index (χ1) is 11.3. The molecule has 6 nitrogen and oxygen atoms in total. The maximum absolute atomic E-state index is 12.1. The highest BCUT2D eigenvalue weighted by atomic mass is 32.2. The van der Waals surface area contributed by atoms with Crippen molar-refractivity contribution in [3.8, 4) is 6.07 Å². The van der Waals surface area contributed by atoms with E-state index in [9.17, 15) is 4.79 Å². The number of carbonyl (C=O) groups is 1. The lowest BCUT2D eigenvalue weighted by molar-refractivity contribution is -0.113. The van der Waals surface area contributed by atoms with Crippen LogP contribution in [0.25, 0.3) is 0 Å². The second kappa shape index (κ2) is 7.53. The molecule has 1 saturated carbocycles. The third kappa shape index (κ3) is 4.50. The Labute approximate surface area is 142 Å². The largest absolute Gasteiger partial charge is 0.324 e. The number of aromatic nitrogens is 3. The van der Waals surface area contributed by atoms with E-state index < -0.39 is 0 Å². The smallest absolute Gasteiger partial charge is 0.234 e. The quantitative estimate of drug-likeness (QED) is 0.749. The molecule has 2 aromatic rings. The molecule has 0 unspecified atom stereocenters. The lowest BCUT2D eigenvalue weighted by Crippen LogP contribution is -2.14. The lowest BCUT2D eigenvalue weighted by Gasteiger charge is -2.08. The number of hydrogen-bond donors (Lipinski definition) is 2. The molecule has 1 fully saturated rings. The minimum Gasteiger partial charge on any atom is -0.324 e. The predicted molar refractivity (Wildman–Crippen MR) is 90.5 cm³/mol. The van der Waals surface area contributed by atoms with Crippen LogP contribution in [0.3, 0.4) is 0 Å². The molecular formula is C15H15N5OS2. The van der Waals surface area contributed by atoms with Crippen molar-refractivity contribution in [2.45, 2.75) is 28.8 Å². The normalized spacial score (nSPS) is 13.5. The molecule has 2 N–H and O–H groups in total. The third-order valence-corrected chi connectivity index (χ3v) is 5.02. The molecule has 1 aliphatic carbocycles. The van der Waals surface area contributed by atoms with Crippen LogP contribution >= 0.6 is 23.5 Å². The molecule has 8 heteroatoms. The van der Waals surface area contributed by atoms with Crippen LogP contribution in [-0.4, -0.2) is 32.6 Å². The molecule has 1 amide bonds. The molecule has 118 valence electrons. The molecule has 0 radical (unpaired) electrons. The number of para-hydroxylation sites is 1. The van der Waals surface area contributed by atoms with Crippen molar-refractivity contribution in [3.05, 3.63) is 30.1 Å². The van der Waals surface area contributed by atoms with Crippen LogP contribution in [-0.2, 0) is 4.79 Å². The van der Waals surface area contributed by atoms with Gasteiger partial charge in [-0.15, -0.1) is 16.9 Å². The zero-order chi connectivity index (χ0) is 16.1. The van der Waals surface area contributed by atoms with Gasteiger partial charge in [0.1, 0.15) is 5.82 Å². The van der Waals surface area contributed by atoms with Gasteiger partial charge in [0.2, 0.25) is 11.1 Å². The summed E-state index contributed by atoms with van der Waals surface area (Å²) in [6.07, 6.45) is 2.33. The molecular weight excluding hydrogens is 330 g/mol. The van der Waals surface area contributed by atoms with E-state index >= 15 is 0 Å². The molecule has 1 aromatic carbocycles. The van der Waals surface area contributed by atoms with Crippen LogP contribution < -0.4 is 5.32 Å². The van der Waals surface area contributed by atoms with E-state index in [0.29, 0.717) is 16.8 Å². The minimum absolute atomic E-state index is 0.113. The van der Waals surface area contributed by atoms with Crippen molar-refractivity contribution in [2.24, 2.45) is 0 Å². The van der Waals surface area contributed by atoms with Crippen LogP contribution in [0, 0.1) is 11.3 Å². The van der Waals surface area contributed by atoms with E-state index in [1.807, 2.05) is 24.3 Å². The summed E-state index contributed by atoms with van der Waals surface area (Å²) in [7, 11) is 0. The summed E-state index contributed by atoms with van der Waals surface area (Å²) in [6.45, 7) is 0. The lowest BCUT2D eigenvalue weighted by atomic mass is 10.3. The number of carbonyl (C=O) groups excluding carboxylic acids is 1. The van der Waals surface area contributed by atoms with Crippen molar-refractivity contribution in [1.29, 1.82) is 5.26 Å². The first kappa shape index (κ1) is 15.9. The number of thioether (sulfide) groups is 2. The fraction of sp³-hybridized carbons (Fsp3) is 0.333. The molecule has 0 aliphatic heterocycles. The average molecular weight is 345 g/mol. The van der Waals surface area contributed by atoms with Crippen LogP contribution in [0.4, 0.5) is 5.69 Å². The summed E-state index contributed by atoms with van der Waals surface area (Å²) < 4.78 is 0. The summed E-state index contributed by atoms with van der Waals surface area (Å²) >= 11 is 2.72. The number of H-pyrrole nitrogens is 1. The molecule has 1 aromatic heterocycles. The van der Waals surface area contributed by atoms with Gasteiger partial charge >= 0.3 is 0 Å². The highest BCUT2D eigenvalue weighted by Gasteiger charge is 2.27. The standard InChI is InChI=1S/C15H15N5OS2/c16-7-8-22-12-4-2-1-3-11(12)17-13(21)9-23-15-18-14(19-20-15)10-5-6-10/h1-4,10H,5-6,8-9H2,(H,17,21)(H,18,19,20). The van der Waals surface area contributed by atoms with Crippen molar-refractivity contribution in [1.82, 2.24) is 15.2 Å². The minimum atomic E-state index is -0.113. The van der Waals surface area contributed by atoms with Gasteiger partial charge in [-0.3, -0.25) is 9.89 Å². The summed E-state index contributed by atoms with van der Waals surface area (Å²) in [4.78, 5) is 17.4. The molecule has 0 atom stereocenters. The second-order valence-corrected chi connectivity index (χ2v) is 7.02. The van der Waals surface area contributed by atoms with Gasteiger partial charge in [-0.1, -0.05) is 23.9 Å². The number of aromatic amines is 1. The average Bonchev–Trinajstić information content (AvgIpc) is 3.31.